The maximum atomic E-state index is 11.6. The Balaban J connectivity index is 1.71. The van der Waals surface area contributed by atoms with E-state index in [9.17, 15) is 5.11 Å². The first-order valence-electron chi connectivity index (χ1n) is 8.88. The van der Waals surface area contributed by atoms with Crippen LogP contribution in [0, 0.1) is 0 Å². The van der Waals surface area contributed by atoms with E-state index < -0.39 is 5.72 Å². The third-order valence-corrected chi connectivity index (χ3v) is 6.25. The van der Waals surface area contributed by atoms with Crippen LogP contribution in [0.1, 0.15) is 18.9 Å². The van der Waals surface area contributed by atoms with Gasteiger partial charge in [-0.05, 0) is 61.5 Å². The molecule has 0 aromatic heterocycles. The second-order valence-corrected chi connectivity index (χ2v) is 7.97. The van der Waals surface area contributed by atoms with Crippen LogP contribution in [0.5, 0.6) is 5.75 Å². The Kier molecular flexibility index (Phi) is 4.86. The summed E-state index contributed by atoms with van der Waals surface area (Å²) < 4.78 is 7.67. The first kappa shape index (κ1) is 17.7. The normalized spacial score (nSPS) is 22.5. The van der Waals surface area contributed by atoms with Crippen molar-refractivity contribution in [3.05, 3.63) is 59.1 Å². The van der Waals surface area contributed by atoms with Crippen LogP contribution in [-0.2, 0) is 5.72 Å². The largest absolute Gasteiger partial charge is 0.494 e. The number of hydrogen-bond acceptors (Lipinski definition) is 4. The molecule has 0 radical (unpaired) electrons. The zero-order valence-electron chi connectivity index (χ0n) is 14.7. The predicted octanol–water partition coefficient (Wildman–Crippen LogP) is 3.91. The first-order chi connectivity index (χ1) is 12.6. The third-order valence-electron chi connectivity index (χ3n) is 4.81. The molecule has 0 saturated heterocycles. The number of thioether (sulfide) groups is 1. The summed E-state index contributed by atoms with van der Waals surface area (Å²) in [4.78, 5) is 2.20. The Morgan fingerprint density at radius 2 is 1.92 bits per heavy atom. The molecule has 2 heterocycles. The Labute approximate surface area is 163 Å². The predicted molar refractivity (Wildman–Crippen MR) is 108 cm³/mol. The highest BCUT2D eigenvalue weighted by atomic mass is 35.5. The van der Waals surface area contributed by atoms with E-state index in [0.717, 1.165) is 40.9 Å². The molecule has 2 aromatic rings. The lowest BCUT2D eigenvalue weighted by Gasteiger charge is -2.24. The molecule has 26 heavy (non-hydrogen) atoms. The van der Waals surface area contributed by atoms with Gasteiger partial charge in [-0.2, -0.15) is 0 Å². The molecular weight excluding hydrogens is 368 g/mol. The molecule has 0 saturated carbocycles. The van der Waals surface area contributed by atoms with E-state index in [1.54, 1.807) is 11.8 Å². The van der Waals surface area contributed by atoms with Crippen molar-refractivity contribution >= 4 is 34.2 Å². The van der Waals surface area contributed by atoms with Gasteiger partial charge in [0.1, 0.15) is 11.4 Å². The molecule has 136 valence electrons. The number of amidine groups is 1. The van der Waals surface area contributed by atoms with E-state index in [4.69, 9.17) is 16.3 Å². The highest BCUT2D eigenvalue weighted by Crippen LogP contribution is 2.38. The number of hydrogen-bond donors (Lipinski definition) is 1. The van der Waals surface area contributed by atoms with Gasteiger partial charge in [-0.1, -0.05) is 23.7 Å². The lowest BCUT2D eigenvalue weighted by molar-refractivity contribution is -0.656. The second-order valence-electron chi connectivity index (χ2n) is 6.47. The van der Waals surface area contributed by atoms with E-state index in [1.165, 1.54) is 0 Å². The topological polar surface area (TPSA) is 35.7 Å². The molecule has 4 rings (SSSR count). The number of β-amino-alcohol motifs (C(OH)–C–C–N with tert-alkyl or cyclic N) is 1. The molecule has 4 nitrogen and oxygen atoms in total. The number of nitrogens with zero attached hydrogens (tertiary/aromatic N) is 2. The van der Waals surface area contributed by atoms with Gasteiger partial charge in [0.05, 0.1) is 13.2 Å². The Morgan fingerprint density at radius 1 is 1.19 bits per heavy atom. The minimum absolute atomic E-state index is 0.491. The fourth-order valence-electron chi connectivity index (χ4n) is 3.55. The van der Waals surface area contributed by atoms with Gasteiger partial charge >= 0.3 is 5.17 Å². The SMILES string of the molecule is CCOc1ccc(N2C[C@](O)(c3ccc(Cl)cc3)[N+]3=C2SCCC3)cc1. The van der Waals surface area contributed by atoms with E-state index in [2.05, 4.69) is 21.6 Å². The summed E-state index contributed by atoms with van der Waals surface area (Å²) in [5.41, 5.74) is 0.884. The highest BCUT2D eigenvalue weighted by molar-refractivity contribution is 8.13. The minimum Gasteiger partial charge on any atom is -0.494 e. The van der Waals surface area contributed by atoms with Crippen molar-refractivity contribution in [2.75, 3.05) is 30.3 Å². The number of halogens is 1. The van der Waals surface area contributed by atoms with Crippen molar-refractivity contribution in [2.24, 2.45) is 0 Å². The van der Waals surface area contributed by atoms with Gasteiger partial charge in [-0.15, -0.1) is 0 Å². The second kappa shape index (κ2) is 7.14. The van der Waals surface area contributed by atoms with Crippen LogP contribution in [0.2, 0.25) is 5.02 Å². The van der Waals surface area contributed by atoms with Crippen LogP contribution < -0.4 is 9.64 Å². The fraction of sp³-hybridized carbons (Fsp3) is 0.350. The molecule has 1 atom stereocenters. The molecule has 1 N–H and O–H groups in total. The van der Waals surface area contributed by atoms with E-state index in [-0.39, 0.29) is 0 Å². The lowest BCUT2D eigenvalue weighted by atomic mass is 10.0. The highest BCUT2D eigenvalue weighted by Gasteiger charge is 2.53. The number of benzene rings is 2. The van der Waals surface area contributed by atoms with Crippen LogP contribution in [0.25, 0.3) is 0 Å². The monoisotopic (exact) mass is 389 g/mol. The Bertz CT molecular complexity index is 823. The zero-order chi connectivity index (χ0) is 18.1. The van der Waals surface area contributed by atoms with Gasteiger partial charge < -0.3 is 9.84 Å². The van der Waals surface area contributed by atoms with Gasteiger partial charge in [0.15, 0.2) is 6.54 Å². The van der Waals surface area contributed by atoms with E-state index in [1.807, 2.05) is 43.3 Å². The van der Waals surface area contributed by atoms with Gasteiger partial charge in [0.2, 0.25) is 0 Å². The van der Waals surface area contributed by atoms with Crippen molar-refractivity contribution in [3.63, 3.8) is 0 Å². The van der Waals surface area contributed by atoms with Gasteiger partial charge in [-0.3, -0.25) is 0 Å². The van der Waals surface area contributed by atoms with E-state index >= 15 is 0 Å². The minimum atomic E-state index is -1.05. The summed E-state index contributed by atoms with van der Waals surface area (Å²) in [5.74, 6) is 1.93. The van der Waals surface area contributed by atoms with Crippen molar-refractivity contribution in [1.29, 1.82) is 0 Å². The summed E-state index contributed by atoms with van der Waals surface area (Å²) in [6.07, 6.45) is 1.06. The summed E-state index contributed by atoms with van der Waals surface area (Å²) in [5, 5.41) is 13.4. The summed E-state index contributed by atoms with van der Waals surface area (Å²) in [7, 11) is 0. The van der Waals surface area contributed by atoms with E-state index in [0.29, 0.717) is 18.2 Å². The van der Waals surface area contributed by atoms with Gasteiger partial charge in [0, 0.05) is 16.3 Å². The number of aliphatic hydroxyl groups is 1. The number of ether oxygens (including phenoxy) is 1. The molecule has 2 aromatic carbocycles. The molecule has 0 spiro atoms. The van der Waals surface area contributed by atoms with Crippen molar-refractivity contribution in [1.82, 2.24) is 0 Å². The van der Waals surface area contributed by atoms with Crippen molar-refractivity contribution in [2.45, 2.75) is 19.1 Å². The Morgan fingerprint density at radius 3 is 2.62 bits per heavy atom. The molecule has 0 fully saturated rings. The van der Waals surface area contributed by atoms with Crippen LogP contribution >= 0.6 is 23.4 Å². The average Bonchev–Trinajstić information content (AvgIpc) is 2.98. The number of rotatable bonds is 4. The smallest absolute Gasteiger partial charge is 0.316 e. The standard InChI is InChI=1S/C20H22ClN2O2S/c1-2-25-18-10-8-17(9-11-18)22-14-20(24,15-4-6-16(21)7-5-15)23-12-3-13-26-19(22)23/h4-11,24H,2-3,12-14H2,1H3/q+1/t20-/m0/s1. The summed E-state index contributed by atoms with van der Waals surface area (Å²) in [6.45, 7) is 3.97. The molecule has 0 aliphatic carbocycles. The van der Waals surface area contributed by atoms with Gasteiger partial charge in [-0.25, -0.2) is 9.48 Å². The maximum Gasteiger partial charge on any atom is 0.316 e. The third kappa shape index (κ3) is 3.08. The summed E-state index contributed by atoms with van der Waals surface area (Å²) >= 11 is 7.84. The molecule has 2 aliphatic heterocycles. The molecule has 6 heteroatoms. The van der Waals surface area contributed by atoms with Crippen LogP contribution in [0.15, 0.2) is 48.5 Å². The van der Waals surface area contributed by atoms with Crippen molar-refractivity contribution in [3.8, 4) is 5.75 Å². The number of anilines is 1. The molecular formula is C20H22ClN2O2S+. The summed E-state index contributed by atoms with van der Waals surface area (Å²) in [6, 6.07) is 15.6. The average molecular weight is 390 g/mol. The molecule has 2 aliphatic rings. The maximum absolute atomic E-state index is 11.6. The molecule has 0 unspecified atom stereocenters. The fourth-order valence-corrected chi connectivity index (χ4v) is 4.86. The molecule has 0 bridgehead atoms. The van der Waals surface area contributed by atoms with Crippen LogP contribution in [-0.4, -0.2) is 40.3 Å². The first-order valence-corrected chi connectivity index (χ1v) is 10.2. The zero-order valence-corrected chi connectivity index (χ0v) is 16.3. The lowest BCUT2D eigenvalue weighted by Crippen LogP contribution is -2.41. The van der Waals surface area contributed by atoms with Gasteiger partial charge in [0.25, 0.3) is 5.72 Å². The Hall–Kier alpha value is -1.69. The van der Waals surface area contributed by atoms with Crippen molar-refractivity contribution < 1.29 is 14.4 Å². The van der Waals surface area contributed by atoms with Crippen LogP contribution in [0.3, 0.4) is 0 Å². The molecule has 0 amide bonds. The van der Waals surface area contributed by atoms with Crippen LogP contribution in [0.4, 0.5) is 5.69 Å². The quantitative estimate of drug-likeness (QED) is 0.804.